The van der Waals surface area contributed by atoms with Gasteiger partial charge < -0.3 is 5.73 Å². The van der Waals surface area contributed by atoms with E-state index >= 15 is 0 Å². The summed E-state index contributed by atoms with van der Waals surface area (Å²) in [7, 11) is 0. The number of aryl methyl sites for hydroxylation is 3. The molecule has 1 unspecified atom stereocenters. The number of nitrogens with two attached hydrogens (primary N) is 1. The maximum atomic E-state index is 6.70. The fraction of sp³-hybridized carbons (Fsp3) is 0.647. The Hall–Kier alpha value is -0.820. The molecule has 100 valence electrons. The Morgan fingerprint density at radius 2 is 1.61 bits per heavy atom. The summed E-state index contributed by atoms with van der Waals surface area (Å²) in [5.74, 6) is 0. The van der Waals surface area contributed by atoms with Gasteiger partial charge in [-0.1, -0.05) is 37.5 Å². The maximum Gasteiger partial charge on any atom is 0.0357 e. The normalized spacial score (nSPS) is 20.1. The van der Waals surface area contributed by atoms with Crippen LogP contribution in [-0.2, 0) is 0 Å². The van der Waals surface area contributed by atoms with E-state index in [-0.39, 0.29) is 6.04 Å². The molecule has 2 N–H and O–H groups in total. The van der Waals surface area contributed by atoms with Crippen molar-refractivity contribution >= 4 is 0 Å². The molecule has 1 saturated carbocycles. The van der Waals surface area contributed by atoms with Crippen molar-refractivity contribution in [2.75, 3.05) is 0 Å². The van der Waals surface area contributed by atoms with Crippen molar-refractivity contribution in [1.29, 1.82) is 0 Å². The highest BCUT2D eigenvalue weighted by molar-refractivity contribution is 5.40. The second-order valence-electron chi connectivity index (χ2n) is 6.21. The lowest BCUT2D eigenvalue weighted by Crippen LogP contribution is -2.32. The Morgan fingerprint density at radius 3 is 2.06 bits per heavy atom. The summed E-state index contributed by atoms with van der Waals surface area (Å²) in [5.41, 5.74) is 12.6. The average molecular weight is 245 g/mol. The van der Waals surface area contributed by atoms with Crippen LogP contribution in [-0.4, -0.2) is 0 Å². The number of hydrogen-bond donors (Lipinski definition) is 1. The zero-order chi connectivity index (χ0) is 13.3. The molecular weight excluding hydrogens is 218 g/mol. The van der Waals surface area contributed by atoms with E-state index in [9.17, 15) is 0 Å². The molecule has 1 aromatic rings. The summed E-state index contributed by atoms with van der Waals surface area (Å²) in [6.45, 7) is 8.91. The van der Waals surface area contributed by atoms with Crippen molar-refractivity contribution in [3.63, 3.8) is 0 Å². The second-order valence-corrected chi connectivity index (χ2v) is 6.21. The van der Waals surface area contributed by atoms with Crippen LogP contribution in [0.1, 0.15) is 67.3 Å². The number of hydrogen-bond acceptors (Lipinski definition) is 1. The van der Waals surface area contributed by atoms with Crippen LogP contribution in [0.5, 0.6) is 0 Å². The lowest BCUT2D eigenvalue weighted by Gasteiger charge is -2.36. The third-order valence-corrected chi connectivity index (χ3v) is 5.01. The van der Waals surface area contributed by atoms with Crippen molar-refractivity contribution < 1.29 is 0 Å². The van der Waals surface area contributed by atoms with Crippen molar-refractivity contribution in [1.82, 2.24) is 0 Å². The van der Waals surface area contributed by atoms with Gasteiger partial charge in [0.15, 0.2) is 0 Å². The zero-order valence-electron chi connectivity index (χ0n) is 12.3. The van der Waals surface area contributed by atoms with Crippen LogP contribution in [0.15, 0.2) is 12.1 Å². The quantitative estimate of drug-likeness (QED) is 0.828. The van der Waals surface area contributed by atoms with E-state index in [2.05, 4.69) is 39.8 Å². The van der Waals surface area contributed by atoms with Gasteiger partial charge in [0.05, 0.1) is 0 Å². The molecule has 0 saturated heterocycles. The topological polar surface area (TPSA) is 26.0 Å². The predicted octanol–water partition coefficient (Wildman–Crippen LogP) is 4.58. The first kappa shape index (κ1) is 13.6. The molecule has 1 fully saturated rings. The van der Waals surface area contributed by atoms with E-state index in [1.54, 1.807) is 0 Å². The molecule has 18 heavy (non-hydrogen) atoms. The molecule has 1 aliphatic rings. The second kappa shape index (κ2) is 5.05. The molecule has 0 radical (unpaired) electrons. The van der Waals surface area contributed by atoms with Gasteiger partial charge in [0, 0.05) is 6.04 Å². The Balaban J connectivity index is 2.42. The van der Waals surface area contributed by atoms with Crippen LogP contribution in [0.3, 0.4) is 0 Å². The minimum atomic E-state index is 0.214. The Labute approximate surface area is 112 Å². The van der Waals surface area contributed by atoms with Gasteiger partial charge in [0.1, 0.15) is 0 Å². The van der Waals surface area contributed by atoms with Crippen LogP contribution in [0, 0.1) is 26.2 Å². The van der Waals surface area contributed by atoms with Gasteiger partial charge in [-0.2, -0.15) is 0 Å². The van der Waals surface area contributed by atoms with Crippen molar-refractivity contribution in [2.45, 2.75) is 65.8 Å². The summed E-state index contributed by atoms with van der Waals surface area (Å²) in [5, 5.41) is 0. The summed E-state index contributed by atoms with van der Waals surface area (Å²) in [6.07, 6.45) is 6.52. The molecule has 0 heterocycles. The minimum absolute atomic E-state index is 0.214. The van der Waals surface area contributed by atoms with Crippen LogP contribution in [0.2, 0.25) is 0 Å². The fourth-order valence-corrected chi connectivity index (χ4v) is 3.95. The maximum absolute atomic E-state index is 6.70. The molecule has 0 spiro atoms. The van der Waals surface area contributed by atoms with Crippen molar-refractivity contribution in [2.24, 2.45) is 11.1 Å². The summed E-state index contributed by atoms with van der Waals surface area (Å²) in [4.78, 5) is 0. The van der Waals surface area contributed by atoms with Gasteiger partial charge in [-0.3, -0.25) is 0 Å². The third kappa shape index (κ3) is 2.21. The number of benzene rings is 1. The minimum Gasteiger partial charge on any atom is -0.323 e. The smallest absolute Gasteiger partial charge is 0.0357 e. The van der Waals surface area contributed by atoms with Crippen LogP contribution < -0.4 is 5.73 Å². The van der Waals surface area contributed by atoms with Gasteiger partial charge in [0.2, 0.25) is 0 Å². The first-order valence-electron chi connectivity index (χ1n) is 7.33. The SMILES string of the molecule is CCC1(C(N)c2c(C)cc(C)cc2C)CCCC1. The van der Waals surface area contributed by atoms with Gasteiger partial charge in [-0.25, -0.2) is 0 Å². The molecule has 1 heteroatoms. The van der Waals surface area contributed by atoms with E-state index in [0.29, 0.717) is 5.41 Å². The van der Waals surface area contributed by atoms with E-state index in [0.717, 1.165) is 0 Å². The molecule has 1 aliphatic carbocycles. The van der Waals surface area contributed by atoms with Gasteiger partial charge >= 0.3 is 0 Å². The monoisotopic (exact) mass is 245 g/mol. The van der Waals surface area contributed by atoms with E-state index in [1.807, 2.05) is 0 Å². The third-order valence-electron chi connectivity index (χ3n) is 5.01. The lowest BCUT2D eigenvalue weighted by molar-refractivity contribution is 0.221. The summed E-state index contributed by atoms with van der Waals surface area (Å²) < 4.78 is 0. The molecular formula is C17H27N. The van der Waals surface area contributed by atoms with Crippen molar-refractivity contribution in [3.8, 4) is 0 Å². The highest BCUT2D eigenvalue weighted by Crippen LogP contribution is 2.49. The molecule has 1 aromatic carbocycles. The van der Waals surface area contributed by atoms with E-state index in [4.69, 9.17) is 5.73 Å². The van der Waals surface area contributed by atoms with Gasteiger partial charge in [0.25, 0.3) is 0 Å². The Kier molecular flexibility index (Phi) is 3.82. The first-order valence-corrected chi connectivity index (χ1v) is 7.33. The molecule has 1 nitrogen and oxygen atoms in total. The lowest BCUT2D eigenvalue weighted by atomic mass is 9.72. The Morgan fingerprint density at radius 1 is 1.11 bits per heavy atom. The highest BCUT2D eigenvalue weighted by atomic mass is 14.7. The predicted molar refractivity (Wildman–Crippen MR) is 78.8 cm³/mol. The van der Waals surface area contributed by atoms with Crippen LogP contribution in [0.4, 0.5) is 0 Å². The number of rotatable bonds is 3. The van der Waals surface area contributed by atoms with Crippen LogP contribution in [0.25, 0.3) is 0 Å². The molecule has 0 aliphatic heterocycles. The molecule has 1 atom stereocenters. The highest BCUT2D eigenvalue weighted by Gasteiger charge is 2.39. The van der Waals surface area contributed by atoms with E-state index < -0.39 is 0 Å². The summed E-state index contributed by atoms with van der Waals surface area (Å²) >= 11 is 0. The summed E-state index contributed by atoms with van der Waals surface area (Å²) in [6, 6.07) is 4.77. The molecule has 2 rings (SSSR count). The fourth-order valence-electron chi connectivity index (χ4n) is 3.95. The average Bonchev–Trinajstić information content (AvgIpc) is 2.77. The van der Waals surface area contributed by atoms with E-state index in [1.165, 1.54) is 54.4 Å². The van der Waals surface area contributed by atoms with Gasteiger partial charge in [-0.05, 0) is 62.1 Å². The van der Waals surface area contributed by atoms with Gasteiger partial charge in [-0.15, -0.1) is 0 Å². The Bertz CT molecular complexity index is 404. The standard InChI is InChI=1S/C17H27N/c1-5-17(8-6-7-9-17)16(18)15-13(3)10-12(2)11-14(15)4/h10-11,16H,5-9,18H2,1-4H3. The molecule has 0 amide bonds. The molecule has 0 bridgehead atoms. The zero-order valence-corrected chi connectivity index (χ0v) is 12.3. The van der Waals surface area contributed by atoms with Crippen molar-refractivity contribution in [3.05, 3.63) is 34.4 Å². The first-order chi connectivity index (χ1) is 8.50. The largest absolute Gasteiger partial charge is 0.323 e. The molecule has 0 aromatic heterocycles. The van der Waals surface area contributed by atoms with Crippen LogP contribution >= 0.6 is 0 Å².